The summed E-state index contributed by atoms with van der Waals surface area (Å²) in [6.07, 6.45) is 11.0. The maximum Gasteiger partial charge on any atom is 0.289 e. The molecule has 158 valence electrons. The van der Waals surface area contributed by atoms with Gasteiger partial charge in [-0.25, -0.2) is 4.98 Å². The van der Waals surface area contributed by atoms with Gasteiger partial charge in [0.15, 0.2) is 5.82 Å². The minimum Gasteiger partial charge on any atom is -0.350 e. The molecule has 0 saturated carbocycles. The molecule has 29 heavy (non-hydrogen) atoms. The van der Waals surface area contributed by atoms with Gasteiger partial charge in [0.1, 0.15) is 5.69 Å². The number of nitrogens with one attached hydrogen (secondary N) is 1. The summed E-state index contributed by atoms with van der Waals surface area (Å²) in [5.74, 6) is 0.279. The summed E-state index contributed by atoms with van der Waals surface area (Å²) in [5.41, 5.74) is 2.84. The first-order valence-electron chi connectivity index (χ1n) is 11.2. The number of carbonyl (C=O) groups excluding carboxylic acids is 2. The molecular weight excluding hydrogens is 366 g/mol. The summed E-state index contributed by atoms with van der Waals surface area (Å²) >= 11 is 0. The molecule has 7 heteroatoms. The van der Waals surface area contributed by atoms with Crippen LogP contribution in [0.25, 0.3) is 0 Å². The number of piperazine rings is 1. The maximum absolute atomic E-state index is 13.1. The molecule has 4 rings (SSSR count). The molecule has 3 aliphatic rings. The second-order valence-electron chi connectivity index (χ2n) is 8.55. The summed E-state index contributed by atoms with van der Waals surface area (Å²) in [6.45, 7) is 4.60. The van der Waals surface area contributed by atoms with E-state index in [1.165, 1.54) is 18.4 Å². The van der Waals surface area contributed by atoms with E-state index in [1.54, 1.807) is 0 Å². The van der Waals surface area contributed by atoms with Crippen molar-refractivity contribution in [1.29, 1.82) is 0 Å². The predicted octanol–water partition coefficient (Wildman–Crippen LogP) is 2.23. The number of fused-ring (bicyclic) bond motifs is 1. The molecule has 1 aromatic heterocycles. The first-order valence-corrected chi connectivity index (χ1v) is 11.2. The number of likely N-dealkylation sites (N-methyl/N-ethyl adjacent to an activating group) is 1. The van der Waals surface area contributed by atoms with Crippen LogP contribution in [0.2, 0.25) is 0 Å². The molecule has 0 radical (unpaired) electrons. The first-order chi connectivity index (χ1) is 14.1. The lowest BCUT2D eigenvalue weighted by atomic mass is 9.97. The van der Waals surface area contributed by atoms with Crippen molar-refractivity contribution in [1.82, 2.24) is 24.7 Å². The van der Waals surface area contributed by atoms with E-state index in [0.717, 1.165) is 63.9 Å². The van der Waals surface area contributed by atoms with Crippen LogP contribution in [-0.2, 0) is 13.0 Å². The molecule has 0 unspecified atom stereocenters. The van der Waals surface area contributed by atoms with Crippen LogP contribution in [0.3, 0.4) is 0 Å². The molecule has 0 spiro atoms. The fourth-order valence-corrected chi connectivity index (χ4v) is 4.59. The maximum atomic E-state index is 13.1. The number of hydrogen-bond acceptors (Lipinski definition) is 4. The average Bonchev–Trinajstić information content (AvgIpc) is 3.14. The lowest BCUT2D eigenvalue weighted by Gasteiger charge is -2.32. The Hall–Kier alpha value is -2.15. The van der Waals surface area contributed by atoms with Crippen molar-refractivity contribution in [3.8, 4) is 0 Å². The highest BCUT2D eigenvalue weighted by Gasteiger charge is 2.30. The topological polar surface area (TPSA) is 70.5 Å². The van der Waals surface area contributed by atoms with Crippen LogP contribution in [0.5, 0.6) is 0 Å². The third-order valence-electron chi connectivity index (χ3n) is 6.43. The Labute approximate surface area is 173 Å². The number of allylic oxidation sites excluding steroid dienone is 1. The van der Waals surface area contributed by atoms with Crippen LogP contribution in [0.1, 0.15) is 71.7 Å². The van der Waals surface area contributed by atoms with Gasteiger partial charge in [0.25, 0.3) is 11.8 Å². The number of imidazole rings is 1. The zero-order chi connectivity index (χ0) is 20.2. The van der Waals surface area contributed by atoms with Crippen LogP contribution in [0, 0.1) is 0 Å². The highest BCUT2D eigenvalue weighted by atomic mass is 16.2. The summed E-state index contributed by atoms with van der Waals surface area (Å²) in [4.78, 5) is 34.7. The number of nitrogens with zero attached hydrogens (tertiary/aromatic N) is 4. The Kier molecular flexibility index (Phi) is 6.33. The SMILES string of the molecule is CN1CCN(C(=O)c2nc(C(=O)NCCC3=CCCCC3)c3n2CCCC3)CC1. The minimum atomic E-state index is -0.135. The molecule has 0 bridgehead atoms. The molecule has 3 heterocycles. The van der Waals surface area contributed by atoms with Gasteiger partial charge in [-0.3, -0.25) is 9.59 Å². The Morgan fingerprint density at radius 1 is 1.03 bits per heavy atom. The zero-order valence-electron chi connectivity index (χ0n) is 17.6. The van der Waals surface area contributed by atoms with Crippen LogP contribution in [0.15, 0.2) is 11.6 Å². The van der Waals surface area contributed by atoms with Crippen LogP contribution in [-0.4, -0.2) is 70.9 Å². The molecule has 1 saturated heterocycles. The second-order valence-corrected chi connectivity index (χ2v) is 8.55. The van der Waals surface area contributed by atoms with Crippen LogP contribution >= 0.6 is 0 Å². The fourth-order valence-electron chi connectivity index (χ4n) is 4.59. The van der Waals surface area contributed by atoms with E-state index in [0.29, 0.717) is 31.2 Å². The van der Waals surface area contributed by atoms with Crippen LogP contribution in [0.4, 0.5) is 0 Å². The molecule has 2 aliphatic heterocycles. The van der Waals surface area contributed by atoms with E-state index in [9.17, 15) is 9.59 Å². The molecule has 1 aromatic rings. The van der Waals surface area contributed by atoms with Gasteiger partial charge in [-0.1, -0.05) is 11.6 Å². The Morgan fingerprint density at radius 2 is 1.83 bits per heavy atom. The Morgan fingerprint density at radius 3 is 2.59 bits per heavy atom. The summed E-state index contributed by atoms with van der Waals surface area (Å²) in [7, 11) is 2.07. The lowest BCUT2D eigenvalue weighted by Crippen LogP contribution is -2.47. The van der Waals surface area contributed by atoms with E-state index >= 15 is 0 Å². The molecule has 0 atom stereocenters. The molecule has 1 aliphatic carbocycles. The lowest BCUT2D eigenvalue weighted by molar-refractivity contribution is 0.0645. The van der Waals surface area contributed by atoms with E-state index in [1.807, 2.05) is 9.47 Å². The Balaban J connectivity index is 1.46. The number of hydrogen-bond donors (Lipinski definition) is 1. The smallest absolute Gasteiger partial charge is 0.289 e. The highest BCUT2D eigenvalue weighted by Crippen LogP contribution is 2.23. The van der Waals surface area contributed by atoms with Crippen molar-refractivity contribution < 1.29 is 9.59 Å². The highest BCUT2D eigenvalue weighted by molar-refractivity contribution is 5.97. The summed E-state index contributed by atoms with van der Waals surface area (Å²) < 4.78 is 2.00. The van der Waals surface area contributed by atoms with Crippen molar-refractivity contribution >= 4 is 11.8 Å². The predicted molar refractivity (Wildman–Crippen MR) is 112 cm³/mol. The van der Waals surface area contributed by atoms with Gasteiger partial charge in [0.2, 0.25) is 0 Å². The third kappa shape index (κ3) is 4.55. The third-order valence-corrected chi connectivity index (χ3v) is 6.43. The van der Waals surface area contributed by atoms with Crippen molar-refractivity contribution in [2.24, 2.45) is 0 Å². The molecule has 1 fully saturated rings. The number of rotatable bonds is 5. The minimum absolute atomic E-state index is 0.0346. The summed E-state index contributed by atoms with van der Waals surface area (Å²) in [5, 5.41) is 3.05. The van der Waals surface area contributed by atoms with E-state index in [2.05, 4.69) is 28.3 Å². The number of carbonyl (C=O) groups is 2. The molecule has 7 nitrogen and oxygen atoms in total. The van der Waals surface area contributed by atoms with Gasteiger partial charge in [0, 0.05) is 39.3 Å². The largest absolute Gasteiger partial charge is 0.350 e. The van der Waals surface area contributed by atoms with Gasteiger partial charge in [0.05, 0.1) is 5.69 Å². The number of aromatic nitrogens is 2. The van der Waals surface area contributed by atoms with E-state index in [4.69, 9.17) is 0 Å². The van der Waals surface area contributed by atoms with Crippen molar-refractivity contribution in [3.63, 3.8) is 0 Å². The van der Waals surface area contributed by atoms with Gasteiger partial charge in [-0.2, -0.15) is 0 Å². The van der Waals surface area contributed by atoms with Gasteiger partial charge < -0.3 is 19.7 Å². The quantitative estimate of drug-likeness (QED) is 0.771. The number of amides is 2. The molecule has 0 aromatic carbocycles. The van der Waals surface area contributed by atoms with Crippen molar-refractivity contribution in [2.45, 2.75) is 57.9 Å². The first kappa shape index (κ1) is 20.1. The van der Waals surface area contributed by atoms with Crippen molar-refractivity contribution in [3.05, 3.63) is 28.9 Å². The molecular formula is C22H33N5O2. The zero-order valence-corrected chi connectivity index (χ0v) is 17.6. The Bertz CT molecular complexity index is 789. The van der Waals surface area contributed by atoms with Gasteiger partial charge in [-0.05, 0) is 58.4 Å². The van der Waals surface area contributed by atoms with Gasteiger partial charge in [-0.15, -0.1) is 0 Å². The van der Waals surface area contributed by atoms with E-state index in [-0.39, 0.29) is 11.8 Å². The van der Waals surface area contributed by atoms with Crippen molar-refractivity contribution in [2.75, 3.05) is 39.8 Å². The van der Waals surface area contributed by atoms with Gasteiger partial charge >= 0.3 is 0 Å². The normalized spacial score (nSPS) is 20.2. The van der Waals surface area contributed by atoms with Crippen LogP contribution < -0.4 is 5.32 Å². The molecule has 2 amide bonds. The van der Waals surface area contributed by atoms with E-state index < -0.39 is 0 Å². The fraction of sp³-hybridized carbons (Fsp3) is 0.682. The standard InChI is InChI=1S/C22H33N5O2/c1-25-13-15-26(16-14-25)22(29)20-24-19(18-9-5-6-12-27(18)20)21(28)23-11-10-17-7-3-2-4-8-17/h7H,2-6,8-16H2,1H3,(H,23,28). The monoisotopic (exact) mass is 399 g/mol. The summed E-state index contributed by atoms with van der Waals surface area (Å²) in [6, 6.07) is 0. The average molecular weight is 400 g/mol. The second kappa shape index (κ2) is 9.11. The molecule has 1 N–H and O–H groups in total.